The maximum absolute atomic E-state index is 11.9. The molecule has 1 amide bonds. The summed E-state index contributed by atoms with van der Waals surface area (Å²) in [7, 11) is 0. The lowest BCUT2D eigenvalue weighted by Gasteiger charge is -2.22. The maximum atomic E-state index is 11.9. The molecule has 1 rings (SSSR count). The number of rotatable bonds is 4. The van der Waals surface area contributed by atoms with Gasteiger partial charge >= 0.3 is 0 Å². The Balaban J connectivity index is 2.80. The molecule has 5 heteroatoms. The molecular formula is C12H16Cl2N2O. The van der Waals surface area contributed by atoms with Gasteiger partial charge < -0.3 is 11.1 Å². The van der Waals surface area contributed by atoms with Crippen molar-refractivity contribution < 1.29 is 4.79 Å². The number of nitrogens with one attached hydrogen (secondary N) is 1. The Bertz CT molecular complexity index is 399. The van der Waals surface area contributed by atoms with E-state index in [0.717, 1.165) is 6.42 Å². The average Bonchev–Trinajstić information content (AvgIpc) is 2.15. The van der Waals surface area contributed by atoms with Gasteiger partial charge in [-0.25, -0.2) is 0 Å². The van der Waals surface area contributed by atoms with Crippen LogP contribution < -0.4 is 11.1 Å². The van der Waals surface area contributed by atoms with Crippen LogP contribution in [0.5, 0.6) is 0 Å². The number of hydrogen-bond acceptors (Lipinski definition) is 2. The smallest absolute Gasteiger partial charge is 0.244 e. The number of carbonyl (C=O) groups is 1. The van der Waals surface area contributed by atoms with Crippen molar-refractivity contribution >= 4 is 34.8 Å². The minimum Gasteiger partial charge on any atom is -0.324 e. The molecule has 0 aliphatic carbocycles. The SMILES string of the molecule is CCCC(C)(N)C(=O)Nc1cc(Cl)cc(Cl)c1. The van der Waals surface area contributed by atoms with E-state index in [1.807, 2.05) is 6.92 Å². The number of carbonyl (C=O) groups excluding carboxylic acids is 1. The summed E-state index contributed by atoms with van der Waals surface area (Å²) >= 11 is 11.7. The molecule has 0 fully saturated rings. The summed E-state index contributed by atoms with van der Waals surface area (Å²) in [5, 5.41) is 3.66. The highest BCUT2D eigenvalue weighted by Crippen LogP contribution is 2.23. The molecule has 0 aromatic heterocycles. The van der Waals surface area contributed by atoms with E-state index < -0.39 is 5.54 Å². The molecule has 1 unspecified atom stereocenters. The first-order chi connectivity index (χ1) is 7.85. The second-order valence-electron chi connectivity index (χ2n) is 4.28. The quantitative estimate of drug-likeness (QED) is 0.884. The number of anilines is 1. The summed E-state index contributed by atoms with van der Waals surface area (Å²) in [6.07, 6.45) is 1.46. The highest BCUT2D eigenvalue weighted by atomic mass is 35.5. The molecule has 0 saturated carbocycles. The first kappa shape index (κ1) is 14.3. The molecule has 94 valence electrons. The van der Waals surface area contributed by atoms with Crippen LogP contribution in [0.3, 0.4) is 0 Å². The number of amides is 1. The van der Waals surface area contributed by atoms with Crippen molar-refractivity contribution in [2.45, 2.75) is 32.2 Å². The molecule has 1 atom stereocenters. The molecule has 3 N–H and O–H groups in total. The van der Waals surface area contributed by atoms with E-state index in [1.165, 1.54) is 0 Å². The molecule has 0 saturated heterocycles. The Kier molecular flexibility index (Phi) is 4.80. The normalized spacial score (nSPS) is 14.2. The molecule has 17 heavy (non-hydrogen) atoms. The molecular weight excluding hydrogens is 259 g/mol. The zero-order chi connectivity index (χ0) is 13.1. The van der Waals surface area contributed by atoms with E-state index >= 15 is 0 Å². The van der Waals surface area contributed by atoms with Gasteiger partial charge in [-0.1, -0.05) is 36.5 Å². The number of halogens is 2. The number of nitrogens with two attached hydrogens (primary N) is 1. The van der Waals surface area contributed by atoms with Crippen LogP contribution in [0.2, 0.25) is 10.0 Å². The van der Waals surface area contributed by atoms with E-state index in [9.17, 15) is 4.79 Å². The molecule has 0 radical (unpaired) electrons. The van der Waals surface area contributed by atoms with Crippen LogP contribution >= 0.6 is 23.2 Å². The van der Waals surface area contributed by atoms with Gasteiger partial charge in [-0.3, -0.25) is 4.79 Å². The third kappa shape index (κ3) is 4.19. The lowest BCUT2D eigenvalue weighted by atomic mass is 9.96. The molecule has 0 aliphatic rings. The van der Waals surface area contributed by atoms with Gasteiger partial charge in [0.05, 0.1) is 5.54 Å². The Morgan fingerprint density at radius 2 is 1.88 bits per heavy atom. The van der Waals surface area contributed by atoms with E-state index in [1.54, 1.807) is 25.1 Å². The van der Waals surface area contributed by atoms with Gasteiger partial charge in [0, 0.05) is 15.7 Å². The summed E-state index contributed by atoms with van der Waals surface area (Å²) in [5.74, 6) is -0.238. The Morgan fingerprint density at radius 1 is 1.35 bits per heavy atom. The van der Waals surface area contributed by atoms with Crippen LogP contribution in [0.15, 0.2) is 18.2 Å². The van der Waals surface area contributed by atoms with Crippen molar-refractivity contribution in [2.24, 2.45) is 5.73 Å². The van der Waals surface area contributed by atoms with E-state index in [2.05, 4.69) is 5.32 Å². The zero-order valence-corrected chi connectivity index (χ0v) is 11.4. The lowest BCUT2D eigenvalue weighted by Crippen LogP contribution is -2.48. The fourth-order valence-electron chi connectivity index (χ4n) is 1.53. The van der Waals surface area contributed by atoms with Crippen molar-refractivity contribution in [1.29, 1.82) is 0 Å². The maximum Gasteiger partial charge on any atom is 0.244 e. The van der Waals surface area contributed by atoms with Gasteiger partial charge in [-0.05, 0) is 31.5 Å². The molecule has 3 nitrogen and oxygen atoms in total. The van der Waals surface area contributed by atoms with Crippen molar-refractivity contribution in [2.75, 3.05) is 5.32 Å². The van der Waals surface area contributed by atoms with Crippen LogP contribution in [-0.2, 0) is 4.79 Å². The highest BCUT2D eigenvalue weighted by Gasteiger charge is 2.27. The predicted octanol–water partition coefficient (Wildman–Crippen LogP) is 3.45. The second kappa shape index (κ2) is 5.71. The summed E-state index contributed by atoms with van der Waals surface area (Å²) in [5.41, 5.74) is 5.59. The van der Waals surface area contributed by atoms with Gasteiger partial charge in [-0.2, -0.15) is 0 Å². The molecule has 0 spiro atoms. The third-order valence-electron chi connectivity index (χ3n) is 2.41. The van der Waals surface area contributed by atoms with Gasteiger partial charge in [0.15, 0.2) is 0 Å². The van der Waals surface area contributed by atoms with E-state index in [0.29, 0.717) is 22.2 Å². The second-order valence-corrected chi connectivity index (χ2v) is 5.15. The average molecular weight is 275 g/mol. The molecule has 0 aliphatic heterocycles. The lowest BCUT2D eigenvalue weighted by molar-refractivity contribution is -0.120. The highest BCUT2D eigenvalue weighted by molar-refractivity contribution is 6.35. The monoisotopic (exact) mass is 274 g/mol. The molecule has 0 heterocycles. The van der Waals surface area contributed by atoms with E-state index in [4.69, 9.17) is 28.9 Å². The summed E-state index contributed by atoms with van der Waals surface area (Å²) in [4.78, 5) is 11.9. The largest absolute Gasteiger partial charge is 0.324 e. The van der Waals surface area contributed by atoms with Crippen LogP contribution in [0.25, 0.3) is 0 Å². The van der Waals surface area contributed by atoms with Gasteiger partial charge in [0.1, 0.15) is 0 Å². The van der Waals surface area contributed by atoms with Crippen LogP contribution in [0.1, 0.15) is 26.7 Å². The summed E-state index contributed by atoms with van der Waals surface area (Å²) in [6.45, 7) is 3.69. The van der Waals surface area contributed by atoms with Crippen molar-refractivity contribution in [3.63, 3.8) is 0 Å². The number of hydrogen-bond donors (Lipinski definition) is 2. The Morgan fingerprint density at radius 3 is 2.35 bits per heavy atom. The third-order valence-corrected chi connectivity index (χ3v) is 2.84. The van der Waals surface area contributed by atoms with Gasteiger partial charge in [0.2, 0.25) is 5.91 Å². The van der Waals surface area contributed by atoms with Gasteiger partial charge in [-0.15, -0.1) is 0 Å². The van der Waals surface area contributed by atoms with Crippen molar-refractivity contribution in [3.8, 4) is 0 Å². The van der Waals surface area contributed by atoms with E-state index in [-0.39, 0.29) is 5.91 Å². The topological polar surface area (TPSA) is 55.1 Å². The molecule has 1 aromatic rings. The minimum absolute atomic E-state index is 0.238. The molecule has 0 bridgehead atoms. The number of benzene rings is 1. The molecule has 1 aromatic carbocycles. The van der Waals surface area contributed by atoms with Crippen LogP contribution in [0.4, 0.5) is 5.69 Å². The van der Waals surface area contributed by atoms with Crippen LogP contribution in [0, 0.1) is 0 Å². The Labute approximate surface area is 111 Å². The van der Waals surface area contributed by atoms with Crippen molar-refractivity contribution in [3.05, 3.63) is 28.2 Å². The first-order valence-corrected chi connectivity index (χ1v) is 6.17. The predicted molar refractivity (Wildman–Crippen MR) is 72.6 cm³/mol. The van der Waals surface area contributed by atoms with Crippen LogP contribution in [-0.4, -0.2) is 11.4 Å². The fourth-order valence-corrected chi connectivity index (χ4v) is 2.06. The standard InChI is InChI=1S/C12H16Cl2N2O/c1-3-4-12(2,15)11(17)16-10-6-8(13)5-9(14)7-10/h5-7H,3-4,15H2,1-2H3,(H,16,17). The first-order valence-electron chi connectivity index (χ1n) is 5.41. The summed E-state index contributed by atoms with van der Waals surface area (Å²) in [6, 6.07) is 4.87. The van der Waals surface area contributed by atoms with Gasteiger partial charge in [0.25, 0.3) is 0 Å². The minimum atomic E-state index is -0.885. The fraction of sp³-hybridized carbons (Fsp3) is 0.417. The van der Waals surface area contributed by atoms with Crippen molar-refractivity contribution in [1.82, 2.24) is 0 Å². The summed E-state index contributed by atoms with van der Waals surface area (Å²) < 4.78 is 0. The Hall–Kier alpha value is -0.770. The zero-order valence-electron chi connectivity index (χ0n) is 9.89.